The molecule has 0 radical (unpaired) electrons. The summed E-state index contributed by atoms with van der Waals surface area (Å²) in [7, 11) is 0. The Hall–Kier alpha value is -2.44. The molecule has 0 saturated carbocycles. The topological polar surface area (TPSA) is 73.8 Å². The lowest BCUT2D eigenvalue weighted by molar-refractivity contribution is -0.135. The predicted octanol–water partition coefficient (Wildman–Crippen LogP) is 1.26. The highest BCUT2D eigenvalue weighted by Gasteiger charge is 2.47. The number of hydrogen-bond acceptors (Lipinski definition) is 4. The van der Waals surface area contributed by atoms with Crippen molar-refractivity contribution in [2.24, 2.45) is 11.3 Å². The fourth-order valence-electron chi connectivity index (χ4n) is 4.14. The molecule has 2 aliphatic heterocycles. The Balaban J connectivity index is 1.89. The number of carbonyl (C=O) groups excluding carboxylic acids is 3. The molecule has 1 spiro atoms. The van der Waals surface area contributed by atoms with Crippen LogP contribution in [0.1, 0.15) is 37.6 Å². The van der Waals surface area contributed by atoms with Gasteiger partial charge < -0.3 is 14.7 Å². The van der Waals surface area contributed by atoms with Gasteiger partial charge in [0, 0.05) is 69.4 Å². The minimum Gasteiger partial charge on any atom is -0.342 e. The van der Waals surface area contributed by atoms with Crippen molar-refractivity contribution >= 4 is 17.7 Å². The fourth-order valence-corrected chi connectivity index (χ4v) is 4.14. The van der Waals surface area contributed by atoms with E-state index in [2.05, 4.69) is 4.98 Å². The smallest absolute Gasteiger partial charge is 0.255 e. The number of amides is 3. The summed E-state index contributed by atoms with van der Waals surface area (Å²) in [5, 5.41) is 0. The Kier molecular flexibility index (Phi) is 5.48. The third kappa shape index (κ3) is 3.96. The highest BCUT2D eigenvalue weighted by Crippen LogP contribution is 2.35. The SMILES string of the molecule is CCN1CC2(CC1=O)CN(C(=O)c1cccnc1)CCN(C(=O)C(C)C)C2. The summed E-state index contributed by atoms with van der Waals surface area (Å²) in [6.07, 6.45) is 3.58. The number of hydrogen-bond donors (Lipinski definition) is 0. The van der Waals surface area contributed by atoms with Crippen LogP contribution >= 0.6 is 0 Å². The van der Waals surface area contributed by atoms with Gasteiger partial charge in [-0.05, 0) is 19.1 Å². The van der Waals surface area contributed by atoms with Gasteiger partial charge in [-0.25, -0.2) is 0 Å². The van der Waals surface area contributed by atoms with Crippen molar-refractivity contribution in [2.45, 2.75) is 27.2 Å². The van der Waals surface area contributed by atoms with Gasteiger partial charge in [-0.2, -0.15) is 0 Å². The fraction of sp³-hybridized carbons (Fsp3) is 0.600. The van der Waals surface area contributed by atoms with E-state index in [1.165, 1.54) is 0 Å². The maximum Gasteiger partial charge on any atom is 0.255 e. The van der Waals surface area contributed by atoms with Gasteiger partial charge in [-0.1, -0.05) is 13.8 Å². The molecule has 146 valence electrons. The van der Waals surface area contributed by atoms with E-state index < -0.39 is 5.41 Å². The van der Waals surface area contributed by atoms with Crippen LogP contribution in [-0.2, 0) is 9.59 Å². The quantitative estimate of drug-likeness (QED) is 0.801. The van der Waals surface area contributed by atoms with E-state index in [1.807, 2.05) is 30.6 Å². The number of rotatable bonds is 3. The van der Waals surface area contributed by atoms with Gasteiger partial charge in [-0.3, -0.25) is 19.4 Å². The van der Waals surface area contributed by atoms with Crippen molar-refractivity contribution in [3.8, 4) is 0 Å². The molecule has 1 unspecified atom stereocenters. The minimum absolute atomic E-state index is 0.0763. The molecule has 0 N–H and O–H groups in total. The molecule has 7 nitrogen and oxygen atoms in total. The van der Waals surface area contributed by atoms with Crippen LogP contribution in [-0.4, -0.2) is 76.7 Å². The Morgan fingerprint density at radius 3 is 2.48 bits per heavy atom. The molecule has 0 aliphatic carbocycles. The molecule has 0 bridgehead atoms. The standard InChI is InChI=1S/C20H28N4O3/c1-4-22-12-20(10-17(22)25)13-23(18(26)15(2)3)8-9-24(14-20)19(27)16-6-5-7-21-11-16/h5-7,11,15H,4,8-10,12-14H2,1-3H3. The maximum absolute atomic E-state index is 13.0. The molecule has 3 heterocycles. The molecule has 7 heteroatoms. The van der Waals surface area contributed by atoms with Crippen LogP contribution in [0.15, 0.2) is 24.5 Å². The molecule has 0 aromatic carbocycles. The molecule has 2 fully saturated rings. The molecule has 2 saturated heterocycles. The monoisotopic (exact) mass is 372 g/mol. The number of pyridine rings is 1. The minimum atomic E-state index is -0.411. The van der Waals surface area contributed by atoms with Crippen molar-refractivity contribution in [1.29, 1.82) is 0 Å². The van der Waals surface area contributed by atoms with Crippen molar-refractivity contribution in [2.75, 3.05) is 39.3 Å². The first kappa shape index (κ1) is 19.3. The van der Waals surface area contributed by atoms with E-state index in [0.29, 0.717) is 51.3 Å². The van der Waals surface area contributed by atoms with Crippen LogP contribution < -0.4 is 0 Å². The second-order valence-corrected chi connectivity index (χ2v) is 7.97. The van der Waals surface area contributed by atoms with Crippen LogP contribution in [0, 0.1) is 11.3 Å². The van der Waals surface area contributed by atoms with Gasteiger partial charge in [0.2, 0.25) is 11.8 Å². The normalized spacial score (nSPS) is 23.3. The Morgan fingerprint density at radius 1 is 1.19 bits per heavy atom. The lowest BCUT2D eigenvalue weighted by atomic mass is 9.85. The molecule has 27 heavy (non-hydrogen) atoms. The number of likely N-dealkylation sites (tertiary alicyclic amines) is 1. The first-order chi connectivity index (χ1) is 12.8. The molecule has 1 aromatic rings. The third-order valence-corrected chi connectivity index (χ3v) is 5.48. The lowest BCUT2D eigenvalue weighted by Gasteiger charge is -2.34. The average molecular weight is 372 g/mol. The van der Waals surface area contributed by atoms with Crippen molar-refractivity contribution in [1.82, 2.24) is 19.7 Å². The summed E-state index contributed by atoms with van der Waals surface area (Å²) in [6, 6.07) is 3.50. The largest absolute Gasteiger partial charge is 0.342 e. The van der Waals surface area contributed by atoms with Gasteiger partial charge in [0.05, 0.1) is 5.56 Å². The number of aromatic nitrogens is 1. The van der Waals surface area contributed by atoms with Crippen LogP contribution in [0.3, 0.4) is 0 Å². The summed E-state index contributed by atoms with van der Waals surface area (Å²) in [5.41, 5.74) is 0.124. The zero-order chi connectivity index (χ0) is 19.6. The van der Waals surface area contributed by atoms with Crippen LogP contribution in [0.25, 0.3) is 0 Å². The Morgan fingerprint density at radius 2 is 1.89 bits per heavy atom. The number of carbonyl (C=O) groups is 3. The summed E-state index contributed by atoms with van der Waals surface area (Å²) >= 11 is 0. The van der Waals surface area contributed by atoms with Crippen molar-refractivity contribution in [3.63, 3.8) is 0 Å². The zero-order valence-corrected chi connectivity index (χ0v) is 16.4. The van der Waals surface area contributed by atoms with Crippen molar-refractivity contribution < 1.29 is 14.4 Å². The molecule has 1 aromatic heterocycles. The molecule has 3 amide bonds. The van der Waals surface area contributed by atoms with Crippen LogP contribution in [0.2, 0.25) is 0 Å². The van der Waals surface area contributed by atoms with Gasteiger partial charge >= 0.3 is 0 Å². The highest BCUT2D eigenvalue weighted by molar-refractivity contribution is 5.94. The second-order valence-electron chi connectivity index (χ2n) is 7.97. The summed E-state index contributed by atoms with van der Waals surface area (Å²) < 4.78 is 0. The molecular weight excluding hydrogens is 344 g/mol. The van der Waals surface area contributed by atoms with E-state index in [1.54, 1.807) is 29.4 Å². The van der Waals surface area contributed by atoms with E-state index in [0.717, 1.165) is 0 Å². The maximum atomic E-state index is 13.0. The summed E-state index contributed by atoms with van der Waals surface area (Å²) in [6.45, 7) is 8.92. The van der Waals surface area contributed by atoms with Gasteiger partial charge in [-0.15, -0.1) is 0 Å². The number of nitrogens with zero attached hydrogens (tertiary/aromatic N) is 4. The zero-order valence-electron chi connectivity index (χ0n) is 16.4. The average Bonchev–Trinajstić information content (AvgIpc) is 2.86. The van der Waals surface area contributed by atoms with E-state index in [9.17, 15) is 14.4 Å². The van der Waals surface area contributed by atoms with E-state index in [-0.39, 0.29) is 23.6 Å². The van der Waals surface area contributed by atoms with Gasteiger partial charge in [0.25, 0.3) is 5.91 Å². The molecule has 2 aliphatic rings. The molecule has 1 atom stereocenters. The molecule has 3 rings (SSSR count). The Labute approximate surface area is 160 Å². The van der Waals surface area contributed by atoms with Crippen LogP contribution in [0.5, 0.6) is 0 Å². The first-order valence-corrected chi connectivity index (χ1v) is 9.61. The molecular formula is C20H28N4O3. The van der Waals surface area contributed by atoms with Gasteiger partial charge in [0.1, 0.15) is 0 Å². The lowest BCUT2D eigenvalue weighted by Crippen LogP contribution is -2.46. The van der Waals surface area contributed by atoms with E-state index >= 15 is 0 Å². The predicted molar refractivity (Wildman–Crippen MR) is 101 cm³/mol. The highest BCUT2D eigenvalue weighted by atomic mass is 16.2. The summed E-state index contributed by atoms with van der Waals surface area (Å²) in [5.74, 6) is -0.0247. The van der Waals surface area contributed by atoms with Crippen LogP contribution in [0.4, 0.5) is 0 Å². The van der Waals surface area contributed by atoms with Crippen molar-refractivity contribution in [3.05, 3.63) is 30.1 Å². The third-order valence-electron chi connectivity index (χ3n) is 5.48. The van der Waals surface area contributed by atoms with E-state index in [4.69, 9.17) is 0 Å². The Bertz CT molecular complexity index is 721. The second kappa shape index (κ2) is 7.66. The summed E-state index contributed by atoms with van der Waals surface area (Å²) in [4.78, 5) is 47.7. The van der Waals surface area contributed by atoms with Gasteiger partial charge in [0.15, 0.2) is 0 Å². The first-order valence-electron chi connectivity index (χ1n) is 9.61.